The zero-order valence-corrected chi connectivity index (χ0v) is 12.9. The maximum Gasteiger partial charge on any atom is 0.252 e. The van der Waals surface area contributed by atoms with E-state index in [1.165, 1.54) is 10.6 Å². The third-order valence-electron chi connectivity index (χ3n) is 2.95. The molecule has 0 aliphatic heterocycles. The van der Waals surface area contributed by atoms with Gasteiger partial charge in [-0.2, -0.15) is 0 Å². The van der Waals surface area contributed by atoms with Crippen molar-refractivity contribution in [2.75, 3.05) is 6.26 Å². The molecule has 3 N–H and O–H groups in total. The molecule has 0 aliphatic rings. The van der Waals surface area contributed by atoms with Crippen LogP contribution in [0.25, 0.3) is 0 Å². The second-order valence-corrected chi connectivity index (χ2v) is 6.33. The molecule has 2 aromatic rings. The van der Waals surface area contributed by atoms with Gasteiger partial charge in [0.2, 0.25) is 0 Å². The van der Waals surface area contributed by atoms with Crippen molar-refractivity contribution in [3.8, 4) is 0 Å². The summed E-state index contributed by atoms with van der Waals surface area (Å²) in [6.45, 7) is 0.338. The number of nitrogens with two attached hydrogens (primary N) is 1. The largest absolute Gasteiger partial charge is 0.365 e. The van der Waals surface area contributed by atoms with Gasteiger partial charge in [-0.3, -0.25) is 14.4 Å². The number of pyridine rings is 1. The Morgan fingerprint density at radius 3 is 2.76 bits per heavy atom. The van der Waals surface area contributed by atoms with Crippen molar-refractivity contribution in [1.29, 1.82) is 5.41 Å². The fraction of sp³-hybridized carbons (Fsp3) is 0.143. The minimum atomic E-state index is -1.08. The molecule has 1 atom stereocenters. The molecule has 1 aromatic carbocycles. The van der Waals surface area contributed by atoms with Gasteiger partial charge < -0.3 is 10.3 Å². The van der Waals surface area contributed by atoms with Gasteiger partial charge in [-0.25, -0.2) is 0 Å². The van der Waals surface area contributed by atoms with Crippen LogP contribution < -0.4 is 11.2 Å². The Labute approximate surface area is 129 Å². The lowest BCUT2D eigenvalue weighted by molar-refractivity contribution is 0.0998. The topological polar surface area (TPSA) is 88.9 Å². The molecular weight excluding hydrogens is 310 g/mol. The summed E-state index contributed by atoms with van der Waals surface area (Å²) in [6, 6.07) is 8.61. The number of nitrogens with zero attached hydrogens (tertiary/aromatic N) is 1. The second-order valence-electron chi connectivity index (χ2n) is 4.51. The van der Waals surface area contributed by atoms with Crippen LogP contribution in [0.5, 0.6) is 0 Å². The van der Waals surface area contributed by atoms with Crippen molar-refractivity contribution >= 4 is 28.3 Å². The lowest BCUT2D eigenvalue weighted by atomic mass is 10.2. The molecule has 1 unspecified atom stereocenters. The summed E-state index contributed by atoms with van der Waals surface area (Å²) in [7, 11) is -1.08. The van der Waals surface area contributed by atoms with Gasteiger partial charge in [0.15, 0.2) is 0 Å². The lowest BCUT2D eigenvalue weighted by Gasteiger charge is -2.10. The number of benzene rings is 1. The van der Waals surface area contributed by atoms with Gasteiger partial charge in [0.1, 0.15) is 5.49 Å². The van der Waals surface area contributed by atoms with E-state index in [2.05, 4.69) is 0 Å². The van der Waals surface area contributed by atoms with Gasteiger partial charge in [-0.05, 0) is 23.8 Å². The van der Waals surface area contributed by atoms with Gasteiger partial charge in [-0.1, -0.05) is 23.7 Å². The molecule has 0 saturated heterocycles. The predicted molar refractivity (Wildman–Crippen MR) is 81.7 cm³/mol. The fourth-order valence-electron chi connectivity index (χ4n) is 1.94. The molecule has 1 aromatic heterocycles. The highest BCUT2D eigenvalue weighted by Gasteiger charge is 2.09. The Bertz CT molecular complexity index is 786. The van der Waals surface area contributed by atoms with E-state index in [-0.39, 0.29) is 11.1 Å². The number of halogens is 1. The summed E-state index contributed by atoms with van der Waals surface area (Å²) in [6.07, 6.45) is 3.17. The third-order valence-corrected chi connectivity index (χ3v) is 4.08. The molecule has 7 heteroatoms. The van der Waals surface area contributed by atoms with E-state index in [0.717, 1.165) is 5.56 Å². The first-order chi connectivity index (χ1) is 9.88. The van der Waals surface area contributed by atoms with E-state index < -0.39 is 16.7 Å². The van der Waals surface area contributed by atoms with Crippen LogP contribution in [0.3, 0.4) is 0 Å². The number of hydrogen-bond acceptors (Lipinski definition) is 3. The molecule has 5 nitrogen and oxygen atoms in total. The molecule has 1 heterocycles. The second kappa shape index (κ2) is 6.24. The van der Waals surface area contributed by atoms with E-state index in [0.29, 0.717) is 16.5 Å². The van der Waals surface area contributed by atoms with E-state index in [1.807, 2.05) is 6.07 Å². The first kappa shape index (κ1) is 15.5. The fourth-order valence-corrected chi connectivity index (χ4v) is 2.76. The molecular formula is C14H14ClN3O2S. The van der Waals surface area contributed by atoms with Crippen LogP contribution in [-0.2, 0) is 17.3 Å². The highest BCUT2D eigenvalue weighted by Crippen LogP contribution is 2.12. The number of primary amides is 1. The minimum Gasteiger partial charge on any atom is -0.365 e. The molecule has 0 bridgehead atoms. The van der Waals surface area contributed by atoms with Crippen LogP contribution in [0, 0.1) is 5.41 Å². The summed E-state index contributed by atoms with van der Waals surface area (Å²) < 4.78 is 13.0. The summed E-state index contributed by atoms with van der Waals surface area (Å²) >= 11 is 5.95. The van der Waals surface area contributed by atoms with Crippen LogP contribution in [0.15, 0.2) is 41.4 Å². The average molecular weight is 324 g/mol. The molecule has 0 spiro atoms. The summed E-state index contributed by atoms with van der Waals surface area (Å²) in [5, 5.41) is 8.33. The standard InChI is InChI=1S/C14H14ClN3O2S/c1-21(20)11-4-2-3-9(5-11)7-18-8-10(15)6-12(13(18)16)14(17)19/h2-6,8,16H,7H2,1H3,(H2,17,19). The maximum absolute atomic E-state index is 11.5. The molecule has 0 fully saturated rings. The number of rotatable bonds is 4. The molecule has 0 radical (unpaired) electrons. The molecule has 0 aliphatic carbocycles. The SMILES string of the molecule is CS(=O)c1cccc(Cn2cc(Cl)cc(C(N)=O)c2=N)c1. The van der Waals surface area contributed by atoms with Crippen LogP contribution >= 0.6 is 11.6 Å². The Morgan fingerprint density at radius 1 is 1.43 bits per heavy atom. The molecule has 2 rings (SSSR count). The van der Waals surface area contributed by atoms with Crippen LogP contribution in [0.1, 0.15) is 15.9 Å². The summed E-state index contributed by atoms with van der Waals surface area (Å²) in [5.74, 6) is -0.695. The zero-order valence-electron chi connectivity index (χ0n) is 11.3. The average Bonchev–Trinajstić information content (AvgIpc) is 2.42. The number of aromatic nitrogens is 1. The van der Waals surface area contributed by atoms with Crippen molar-refractivity contribution < 1.29 is 9.00 Å². The van der Waals surface area contributed by atoms with Gasteiger partial charge >= 0.3 is 0 Å². The van der Waals surface area contributed by atoms with Gasteiger partial charge in [0.05, 0.1) is 10.6 Å². The van der Waals surface area contributed by atoms with E-state index >= 15 is 0 Å². The van der Waals surface area contributed by atoms with Crippen LogP contribution in [-0.4, -0.2) is 20.9 Å². The minimum absolute atomic E-state index is 0.00470. The molecule has 0 saturated carbocycles. The summed E-state index contributed by atoms with van der Waals surface area (Å²) in [4.78, 5) is 12.0. The molecule has 21 heavy (non-hydrogen) atoms. The first-order valence-electron chi connectivity index (χ1n) is 6.05. The Morgan fingerprint density at radius 2 is 2.14 bits per heavy atom. The highest BCUT2D eigenvalue weighted by molar-refractivity contribution is 7.84. The number of amides is 1. The Kier molecular flexibility index (Phi) is 4.59. The Balaban J connectivity index is 2.45. The number of hydrogen-bond donors (Lipinski definition) is 2. The first-order valence-corrected chi connectivity index (χ1v) is 7.99. The van der Waals surface area contributed by atoms with Crippen molar-refractivity contribution in [2.45, 2.75) is 11.4 Å². The smallest absolute Gasteiger partial charge is 0.252 e. The van der Waals surface area contributed by atoms with Crippen LogP contribution in [0.2, 0.25) is 5.02 Å². The van der Waals surface area contributed by atoms with Gasteiger partial charge in [-0.15, -0.1) is 0 Å². The van der Waals surface area contributed by atoms with Crippen molar-refractivity contribution in [3.63, 3.8) is 0 Å². The van der Waals surface area contributed by atoms with E-state index in [9.17, 15) is 9.00 Å². The monoisotopic (exact) mass is 323 g/mol. The third kappa shape index (κ3) is 3.59. The van der Waals surface area contributed by atoms with Gasteiger partial charge in [0.25, 0.3) is 5.91 Å². The quantitative estimate of drug-likeness (QED) is 0.893. The van der Waals surface area contributed by atoms with E-state index in [1.54, 1.807) is 30.7 Å². The number of carbonyl (C=O) groups is 1. The van der Waals surface area contributed by atoms with Crippen molar-refractivity contribution in [2.24, 2.45) is 5.73 Å². The molecule has 110 valence electrons. The number of nitrogens with one attached hydrogen (secondary N) is 1. The summed E-state index contributed by atoms with van der Waals surface area (Å²) in [5.41, 5.74) is 6.16. The van der Waals surface area contributed by atoms with Crippen molar-refractivity contribution in [3.05, 3.63) is 58.2 Å². The Hall–Kier alpha value is -1.92. The zero-order chi connectivity index (χ0) is 15.6. The normalized spacial score (nSPS) is 12.1. The van der Waals surface area contributed by atoms with Crippen LogP contribution in [0.4, 0.5) is 0 Å². The maximum atomic E-state index is 11.5. The van der Waals surface area contributed by atoms with Crippen molar-refractivity contribution in [1.82, 2.24) is 4.57 Å². The number of carbonyl (C=O) groups excluding carboxylic acids is 1. The van der Waals surface area contributed by atoms with Gasteiger partial charge in [0, 0.05) is 34.7 Å². The highest BCUT2D eigenvalue weighted by atomic mass is 35.5. The molecule has 1 amide bonds. The van der Waals surface area contributed by atoms with E-state index in [4.69, 9.17) is 22.7 Å². The predicted octanol–water partition coefficient (Wildman–Crippen LogP) is 1.51. The lowest BCUT2D eigenvalue weighted by Crippen LogP contribution is -2.29.